The summed E-state index contributed by atoms with van der Waals surface area (Å²) in [7, 11) is 0. The Labute approximate surface area is 116 Å². The average molecular weight is 275 g/mol. The molecule has 0 bridgehead atoms. The van der Waals surface area contributed by atoms with Crippen LogP contribution in [0.25, 0.3) is 0 Å². The normalized spacial score (nSPS) is 22.1. The van der Waals surface area contributed by atoms with E-state index in [2.05, 4.69) is 15.5 Å². The average Bonchev–Trinajstić information content (AvgIpc) is 3.10. The van der Waals surface area contributed by atoms with Crippen molar-refractivity contribution in [3.63, 3.8) is 0 Å². The van der Waals surface area contributed by atoms with Gasteiger partial charge in [0.15, 0.2) is 11.4 Å². The fourth-order valence-electron chi connectivity index (χ4n) is 2.18. The molecule has 3 rings (SSSR count). The van der Waals surface area contributed by atoms with Gasteiger partial charge in [-0.3, -0.25) is 0 Å². The van der Waals surface area contributed by atoms with E-state index in [-0.39, 0.29) is 5.89 Å². The smallest absolute Gasteiger partial charge is 0.259 e. The highest BCUT2D eigenvalue weighted by atomic mass is 16.5. The number of nitrogens with one attached hydrogen (secondary N) is 1. The molecule has 2 heterocycles. The van der Waals surface area contributed by atoms with E-state index in [9.17, 15) is 5.11 Å². The third-order valence-corrected chi connectivity index (χ3v) is 3.34. The third kappa shape index (κ3) is 2.81. The molecule has 1 aliphatic heterocycles. The Morgan fingerprint density at radius 2 is 2.20 bits per heavy atom. The molecule has 0 radical (unpaired) electrons. The Morgan fingerprint density at radius 3 is 2.95 bits per heavy atom. The van der Waals surface area contributed by atoms with Gasteiger partial charge < -0.3 is 19.7 Å². The van der Waals surface area contributed by atoms with E-state index >= 15 is 0 Å². The van der Waals surface area contributed by atoms with Gasteiger partial charge in [-0.1, -0.05) is 23.4 Å². The molecular weight excluding hydrogens is 258 g/mol. The van der Waals surface area contributed by atoms with Crippen molar-refractivity contribution in [1.29, 1.82) is 0 Å². The number of aromatic nitrogens is 2. The molecule has 2 aromatic rings. The number of rotatable bonds is 5. The number of hydrogen-bond acceptors (Lipinski definition) is 6. The Balaban J connectivity index is 1.55. The van der Waals surface area contributed by atoms with E-state index < -0.39 is 5.60 Å². The molecule has 1 unspecified atom stereocenters. The molecule has 1 saturated heterocycles. The SMILES string of the molecule is OC1(c2nc(CCOc3ccccc3)no2)CCNC1. The standard InChI is InChI=1S/C14H17N3O3/c18-14(7-8-15-10-14)13-16-12(17-20-13)6-9-19-11-4-2-1-3-5-11/h1-5,15,18H,6-10H2. The Morgan fingerprint density at radius 1 is 1.35 bits per heavy atom. The van der Waals surface area contributed by atoms with Gasteiger partial charge in [-0.25, -0.2) is 0 Å². The summed E-state index contributed by atoms with van der Waals surface area (Å²) in [6.07, 6.45) is 1.14. The molecule has 0 amide bonds. The predicted molar refractivity (Wildman–Crippen MR) is 71.3 cm³/mol. The molecule has 106 valence electrons. The molecule has 20 heavy (non-hydrogen) atoms. The van der Waals surface area contributed by atoms with Crippen LogP contribution in [0.4, 0.5) is 0 Å². The zero-order valence-corrected chi connectivity index (χ0v) is 11.1. The summed E-state index contributed by atoms with van der Waals surface area (Å²) >= 11 is 0. The first-order valence-electron chi connectivity index (χ1n) is 6.70. The molecule has 1 fully saturated rings. The van der Waals surface area contributed by atoms with Gasteiger partial charge >= 0.3 is 0 Å². The van der Waals surface area contributed by atoms with Crippen molar-refractivity contribution in [3.8, 4) is 5.75 Å². The molecule has 1 aliphatic rings. The van der Waals surface area contributed by atoms with Crippen LogP contribution in [0.2, 0.25) is 0 Å². The highest BCUT2D eigenvalue weighted by Gasteiger charge is 2.38. The maximum absolute atomic E-state index is 10.3. The summed E-state index contributed by atoms with van der Waals surface area (Å²) in [5.41, 5.74) is -1.02. The van der Waals surface area contributed by atoms with Crippen LogP contribution in [0.3, 0.4) is 0 Å². The van der Waals surface area contributed by atoms with E-state index in [1.165, 1.54) is 0 Å². The van der Waals surface area contributed by atoms with Gasteiger partial charge in [0.25, 0.3) is 5.89 Å². The number of aliphatic hydroxyl groups is 1. The Bertz CT molecular complexity index is 550. The second-order valence-electron chi connectivity index (χ2n) is 4.89. The van der Waals surface area contributed by atoms with Crippen LogP contribution in [0, 0.1) is 0 Å². The molecule has 0 saturated carbocycles. The van der Waals surface area contributed by atoms with Crippen LogP contribution >= 0.6 is 0 Å². The molecule has 2 N–H and O–H groups in total. The summed E-state index contributed by atoms with van der Waals surface area (Å²) in [6, 6.07) is 9.58. The van der Waals surface area contributed by atoms with Crippen molar-refractivity contribution < 1.29 is 14.4 Å². The highest BCUT2D eigenvalue weighted by Crippen LogP contribution is 2.25. The molecule has 6 nitrogen and oxygen atoms in total. The molecule has 0 spiro atoms. The van der Waals surface area contributed by atoms with E-state index in [0.717, 1.165) is 12.3 Å². The number of ether oxygens (including phenoxy) is 1. The minimum absolute atomic E-state index is 0.289. The Hall–Kier alpha value is -1.92. The zero-order valence-electron chi connectivity index (χ0n) is 11.1. The molecule has 0 aliphatic carbocycles. The van der Waals surface area contributed by atoms with Gasteiger partial charge in [0.05, 0.1) is 6.61 Å². The summed E-state index contributed by atoms with van der Waals surface area (Å²) in [4.78, 5) is 4.25. The van der Waals surface area contributed by atoms with Crippen LogP contribution in [0.15, 0.2) is 34.9 Å². The molecular formula is C14H17N3O3. The number of benzene rings is 1. The first kappa shape index (κ1) is 13.1. The molecule has 1 atom stereocenters. The van der Waals surface area contributed by atoms with Crippen molar-refractivity contribution in [1.82, 2.24) is 15.5 Å². The first-order chi connectivity index (χ1) is 9.76. The van der Waals surface area contributed by atoms with Crippen molar-refractivity contribution in [2.45, 2.75) is 18.4 Å². The molecule has 1 aromatic heterocycles. The van der Waals surface area contributed by atoms with Crippen molar-refractivity contribution in [2.24, 2.45) is 0 Å². The van der Waals surface area contributed by atoms with E-state index in [1.54, 1.807) is 0 Å². The van der Waals surface area contributed by atoms with E-state index in [4.69, 9.17) is 9.26 Å². The largest absolute Gasteiger partial charge is 0.493 e. The maximum atomic E-state index is 10.3. The fourth-order valence-corrected chi connectivity index (χ4v) is 2.18. The van der Waals surface area contributed by atoms with Crippen LogP contribution in [-0.4, -0.2) is 34.9 Å². The van der Waals surface area contributed by atoms with Crippen molar-refractivity contribution in [2.75, 3.05) is 19.7 Å². The number of hydrogen-bond donors (Lipinski definition) is 2. The van der Waals surface area contributed by atoms with Gasteiger partial charge in [-0.2, -0.15) is 4.98 Å². The second-order valence-corrected chi connectivity index (χ2v) is 4.89. The van der Waals surface area contributed by atoms with Crippen molar-refractivity contribution in [3.05, 3.63) is 42.0 Å². The van der Waals surface area contributed by atoms with Gasteiger partial charge in [0, 0.05) is 13.0 Å². The first-order valence-corrected chi connectivity index (χ1v) is 6.70. The molecule has 1 aromatic carbocycles. The van der Waals surface area contributed by atoms with E-state index in [1.807, 2.05) is 30.3 Å². The summed E-state index contributed by atoms with van der Waals surface area (Å²) in [6.45, 7) is 1.68. The summed E-state index contributed by atoms with van der Waals surface area (Å²) in [5, 5.41) is 17.3. The minimum Gasteiger partial charge on any atom is -0.493 e. The predicted octanol–water partition coefficient (Wildman–Crippen LogP) is 0.872. The second kappa shape index (κ2) is 5.60. The summed E-state index contributed by atoms with van der Waals surface area (Å²) in [5.74, 6) is 1.66. The fraction of sp³-hybridized carbons (Fsp3) is 0.429. The van der Waals surface area contributed by atoms with Gasteiger partial charge in [0.2, 0.25) is 0 Å². The minimum atomic E-state index is -1.02. The lowest BCUT2D eigenvalue weighted by molar-refractivity contribution is 0.0243. The van der Waals surface area contributed by atoms with Crippen molar-refractivity contribution >= 4 is 0 Å². The quantitative estimate of drug-likeness (QED) is 0.843. The zero-order chi connectivity index (χ0) is 13.8. The monoisotopic (exact) mass is 275 g/mol. The lowest BCUT2D eigenvalue weighted by Crippen LogP contribution is -2.28. The van der Waals surface area contributed by atoms with Gasteiger partial charge in [0.1, 0.15) is 5.75 Å². The van der Waals surface area contributed by atoms with E-state index in [0.29, 0.717) is 31.8 Å². The van der Waals surface area contributed by atoms with Gasteiger partial charge in [-0.15, -0.1) is 0 Å². The number of β-amino-alcohol motifs (C(OH)–C–C–N with tert-alkyl or cyclic N) is 1. The topological polar surface area (TPSA) is 80.4 Å². The van der Waals surface area contributed by atoms with Gasteiger partial charge in [-0.05, 0) is 25.1 Å². The maximum Gasteiger partial charge on any atom is 0.259 e. The Kier molecular flexibility index (Phi) is 3.66. The van der Waals surface area contributed by atoms with Crippen LogP contribution in [-0.2, 0) is 12.0 Å². The van der Waals surface area contributed by atoms with Crippen LogP contribution < -0.4 is 10.1 Å². The van der Waals surface area contributed by atoms with Crippen LogP contribution in [0.1, 0.15) is 18.1 Å². The lowest BCUT2D eigenvalue weighted by Gasteiger charge is -2.14. The summed E-state index contributed by atoms with van der Waals surface area (Å²) < 4.78 is 10.7. The third-order valence-electron chi connectivity index (χ3n) is 3.34. The lowest BCUT2D eigenvalue weighted by atomic mass is 10.0. The van der Waals surface area contributed by atoms with Crippen LogP contribution in [0.5, 0.6) is 5.75 Å². The number of para-hydroxylation sites is 1. The number of nitrogens with zero attached hydrogens (tertiary/aromatic N) is 2. The highest BCUT2D eigenvalue weighted by molar-refractivity contribution is 5.20. The molecule has 6 heteroatoms.